The number of aliphatic hydroxyl groups is 1. The number of aromatic nitrogens is 1. The molecule has 0 aromatic carbocycles. The summed E-state index contributed by atoms with van der Waals surface area (Å²) in [5.41, 5.74) is 2.02. The van der Waals surface area contributed by atoms with Gasteiger partial charge in [-0.3, -0.25) is 4.98 Å². The van der Waals surface area contributed by atoms with Crippen molar-refractivity contribution in [2.45, 2.75) is 26.3 Å². The number of nitrogens with zero attached hydrogens (tertiary/aromatic N) is 1. The molecule has 0 aliphatic rings. The Labute approximate surface area is 110 Å². The first kappa shape index (κ1) is 14.9. The minimum atomic E-state index is -1.19. The number of hydrogen-bond acceptors (Lipinski definition) is 4. The van der Waals surface area contributed by atoms with E-state index >= 15 is 0 Å². The van der Waals surface area contributed by atoms with Gasteiger partial charge < -0.3 is 20.8 Å². The van der Waals surface area contributed by atoms with Gasteiger partial charge in [0.25, 0.3) is 0 Å². The van der Waals surface area contributed by atoms with Gasteiger partial charge in [0.2, 0.25) is 0 Å². The van der Waals surface area contributed by atoms with Crippen LogP contribution in [0.5, 0.6) is 0 Å². The molecule has 0 spiro atoms. The van der Waals surface area contributed by atoms with Crippen LogP contribution < -0.4 is 10.6 Å². The van der Waals surface area contributed by atoms with Gasteiger partial charge in [-0.15, -0.1) is 0 Å². The van der Waals surface area contributed by atoms with Crippen LogP contribution in [0.2, 0.25) is 0 Å². The first-order valence-electron chi connectivity index (χ1n) is 5.79. The molecule has 0 aliphatic carbocycles. The highest BCUT2D eigenvalue weighted by molar-refractivity contribution is 5.93. The van der Waals surface area contributed by atoms with Crippen LogP contribution in [-0.2, 0) is 4.79 Å². The van der Waals surface area contributed by atoms with Crippen LogP contribution in [0.1, 0.15) is 17.7 Å². The van der Waals surface area contributed by atoms with E-state index in [9.17, 15) is 9.59 Å². The zero-order chi connectivity index (χ0) is 14.4. The quantitative estimate of drug-likeness (QED) is 0.626. The highest BCUT2D eigenvalue weighted by Crippen LogP contribution is 2.16. The lowest BCUT2D eigenvalue weighted by Gasteiger charge is -2.15. The fourth-order valence-electron chi connectivity index (χ4n) is 1.58. The standard InChI is InChI=1S/C12H17N3O4/c1-7-3-5-13-8(2)10(7)15-12(19)14-9(4-6-16)11(17)18/h3,5,9,16H,4,6H2,1-2H3,(H,17,18)(H2,14,15,19)/t9-/m0/s1. The number of aliphatic hydroxyl groups excluding tert-OH is 1. The molecule has 1 heterocycles. The summed E-state index contributed by atoms with van der Waals surface area (Å²) in [6.45, 7) is 3.24. The van der Waals surface area contributed by atoms with Gasteiger partial charge in [0, 0.05) is 19.2 Å². The number of carbonyl (C=O) groups excluding carboxylic acids is 1. The number of aliphatic carboxylic acids is 1. The second-order valence-electron chi connectivity index (χ2n) is 4.09. The number of pyridine rings is 1. The molecule has 0 unspecified atom stereocenters. The molecule has 2 amide bonds. The Morgan fingerprint density at radius 1 is 1.42 bits per heavy atom. The second kappa shape index (κ2) is 6.69. The number of aryl methyl sites for hydroxylation is 2. The van der Waals surface area contributed by atoms with Crippen LogP contribution in [0.25, 0.3) is 0 Å². The highest BCUT2D eigenvalue weighted by atomic mass is 16.4. The Balaban J connectivity index is 2.72. The van der Waals surface area contributed by atoms with Crippen molar-refractivity contribution in [2.75, 3.05) is 11.9 Å². The zero-order valence-corrected chi connectivity index (χ0v) is 10.8. The maximum Gasteiger partial charge on any atom is 0.326 e. The van der Waals surface area contributed by atoms with Gasteiger partial charge in [0.1, 0.15) is 6.04 Å². The van der Waals surface area contributed by atoms with E-state index in [1.807, 2.05) is 6.92 Å². The number of anilines is 1. The van der Waals surface area contributed by atoms with Gasteiger partial charge in [-0.25, -0.2) is 9.59 Å². The molecule has 0 radical (unpaired) electrons. The predicted molar refractivity (Wildman–Crippen MR) is 69.0 cm³/mol. The molecule has 0 fully saturated rings. The zero-order valence-electron chi connectivity index (χ0n) is 10.8. The molecule has 1 aromatic heterocycles. The molecule has 104 valence electrons. The number of carboxylic acid groups (broad SMARTS) is 1. The number of amides is 2. The number of hydrogen-bond donors (Lipinski definition) is 4. The third-order valence-electron chi connectivity index (χ3n) is 2.61. The van der Waals surface area contributed by atoms with Crippen LogP contribution in [0.3, 0.4) is 0 Å². The number of nitrogens with one attached hydrogen (secondary N) is 2. The summed E-state index contributed by atoms with van der Waals surface area (Å²) in [6, 6.07) is -0.0206. The molecular formula is C12H17N3O4. The third-order valence-corrected chi connectivity index (χ3v) is 2.61. The maximum absolute atomic E-state index is 11.7. The topological polar surface area (TPSA) is 112 Å². The lowest BCUT2D eigenvalue weighted by molar-refractivity contribution is -0.139. The van der Waals surface area contributed by atoms with Crippen LogP contribution in [0.15, 0.2) is 12.3 Å². The molecule has 1 aromatic rings. The van der Waals surface area contributed by atoms with Crippen molar-refractivity contribution in [3.63, 3.8) is 0 Å². The van der Waals surface area contributed by atoms with Gasteiger partial charge in [0.15, 0.2) is 0 Å². The molecule has 0 saturated heterocycles. The molecule has 19 heavy (non-hydrogen) atoms. The predicted octanol–water partition coefficient (Wildman–Crippen LogP) is 0.656. The van der Waals surface area contributed by atoms with Crippen molar-refractivity contribution in [2.24, 2.45) is 0 Å². The Kier molecular flexibility index (Phi) is 5.25. The normalized spacial score (nSPS) is 11.7. The van der Waals surface area contributed by atoms with Gasteiger partial charge in [0.05, 0.1) is 11.4 Å². The fraction of sp³-hybridized carbons (Fsp3) is 0.417. The van der Waals surface area contributed by atoms with Crippen molar-refractivity contribution in [1.82, 2.24) is 10.3 Å². The first-order chi connectivity index (χ1) is 8.95. The van der Waals surface area contributed by atoms with Gasteiger partial charge >= 0.3 is 12.0 Å². The molecule has 1 atom stereocenters. The average molecular weight is 267 g/mol. The molecule has 4 N–H and O–H groups in total. The van der Waals surface area contributed by atoms with E-state index < -0.39 is 18.0 Å². The largest absolute Gasteiger partial charge is 0.480 e. The van der Waals surface area contributed by atoms with Crippen LogP contribution in [0.4, 0.5) is 10.5 Å². The summed E-state index contributed by atoms with van der Waals surface area (Å²) >= 11 is 0. The fourth-order valence-corrected chi connectivity index (χ4v) is 1.58. The van der Waals surface area contributed by atoms with Crippen molar-refractivity contribution in [3.8, 4) is 0 Å². The maximum atomic E-state index is 11.7. The summed E-state index contributed by atoms with van der Waals surface area (Å²) in [5, 5.41) is 22.4. The minimum absolute atomic E-state index is 0.0479. The van der Waals surface area contributed by atoms with E-state index in [2.05, 4.69) is 15.6 Å². The van der Waals surface area contributed by atoms with E-state index in [0.717, 1.165) is 5.56 Å². The Morgan fingerprint density at radius 2 is 2.11 bits per heavy atom. The molecule has 0 saturated carbocycles. The molecule has 0 aliphatic heterocycles. The number of carbonyl (C=O) groups is 2. The summed E-state index contributed by atoms with van der Waals surface area (Å²) in [4.78, 5) is 26.6. The van der Waals surface area contributed by atoms with Crippen molar-refractivity contribution in [3.05, 3.63) is 23.5 Å². The lowest BCUT2D eigenvalue weighted by atomic mass is 10.2. The SMILES string of the molecule is Cc1ccnc(C)c1NC(=O)N[C@@H](CCO)C(=O)O. The Bertz CT molecular complexity index is 456. The number of rotatable bonds is 5. The molecular weight excluding hydrogens is 250 g/mol. The second-order valence-corrected chi connectivity index (χ2v) is 4.09. The summed E-state index contributed by atoms with van der Waals surface area (Å²) < 4.78 is 0. The van der Waals surface area contributed by atoms with E-state index in [1.165, 1.54) is 0 Å². The molecule has 1 rings (SSSR count). The number of carboxylic acids is 1. The van der Waals surface area contributed by atoms with Crippen LogP contribution in [-0.4, -0.2) is 39.8 Å². The highest BCUT2D eigenvalue weighted by Gasteiger charge is 2.19. The van der Waals surface area contributed by atoms with E-state index in [1.54, 1.807) is 19.2 Å². The summed E-state index contributed by atoms with van der Waals surface area (Å²) in [5.74, 6) is -1.19. The van der Waals surface area contributed by atoms with Gasteiger partial charge in [-0.2, -0.15) is 0 Å². The van der Waals surface area contributed by atoms with E-state index in [0.29, 0.717) is 11.4 Å². The van der Waals surface area contributed by atoms with Crippen molar-refractivity contribution in [1.29, 1.82) is 0 Å². The summed E-state index contributed by atoms with van der Waals surface area (Å²) in [6.07, 6.45) is 1.58. The third kappa shape index (κ3) is 4.22. The number of urea groups is 1. The van der Waals surface area contributed by atoms with E-state index in [-0.39, 0.29) is 13.0 Å². The monoisotopic (exact) mass is 267 g/mol. The van der Waals surface area contributed by atoms with Crippen molar-refractivity contribution >= 4 is 17.7 Å². The first-order valence-corrected chi connectivity index (χ1v) is 5.79. The minimum Gasteiger partial charge on any atom is -0.480 e. The van der Waals surface area contributed by atoms with Gasteiger partial charge in [-0.1, -0.05) is 0 Å². The van der Waals surface area contributed by atoms with Crippen LogP contribution in [0, 0.1) is 13.8 Å². The molecule has 7 heteroatoms. The van der Waals surface area contributed by atoms with Crippen LogP contribution >= 0.6 is 0 Å². The lowest BCUT2D eigenvalue weighted by Crippen LogP contribution is -2.43. The smallest absolute Gasteiger partial charge is 0.326 e. The molecule has 0 bridgehead atoms. The van der Waals surface area contributed by atoms with Gasteiger partial charge in [-0.05, 0) is 25.5 Å². The van der Waals surface area contributed by atoms with E-state index in [4.69, 9.17) is 10.2 Å². The summed E-state index contributed by atoms with van der Waals surface area (Å²) in [7, 11) is 0. The molecule has 7 nitrogen and oxygen atoms in total. The Morgan fingerprint density at radius 3 is 2.63 bits per heavy atom. The average Bonchev–Trinajstić information content (AvgIpc) is 2.33. The van der Waals surface area contributed by atoms with Crippen molar-refractivity contribution < 1.29 is 19.8 Å². The Hall–Kier alpha value is -2.15.